The van der Waals surface area contributed by atoms with Gasteiger partial charge in [0.15, 0.2) is 5.78 Å². The lowest BCUT2D eigenvalue weighted by Gasteiger charge is -2.15. The largest absolute Gasteiger partial charge is 0.322 e. The number of halogens is 1. The number of Topliss-reactive ketones (excluding diaryl/α,β-unsaturated/α-hetero) is 1. The molecule has 30 heavy (non-hydrogen) atoms. The number of aromatic nitrogens is 1. The lowest BCUT2D eigenvalue weighted by atomic mass is 9.97. The summed E-state index contributed by atoms with van der Waals surface area (Å²) in [4.78, 5) is 29.8. The second kappa shape index (κ2) is 8.09. The van der Waals surface area contributed by atoms with E-state index in [2.05, 4.69) is 5.32 Å². The first-order valence-corrected chi connectivity index (χ1v) is 9.89. The molecule has 0 atom stereocenters. The number of benzene rings is 3. The predicted octanol–water partition coefficient (Wildman–Crippen LogP) is 6.32. The highest BCUT2D eigenvalue weighted by Crippen LogP contribution is 2.31. The fraction of sp³-hybridized carbons (Fsp3) is 0.0800. The van der Waals surface area contributed by atoms with E-state index < -0.39 is 0 Å². The highest BCUT2D eigenvalue weighted by Gasteiger charge is 2.19. The number of pyridine rings is 1. The van der Waals surface area contributed by atoms with E-state index >= 15 is 0 Å². The van der Waals surface area contributed by atoms with E-state index in [-0.39, 0.29) is 11.7 Å². The van der Waals surface area contributed by atoms with Crippen LogP contribution in [0.4, 0.5) is 5.69 Å². The van der Waals surface area contributed by atoms with Crippen LogP contribution in [0.5, 0.6) is 0 Å². The number of carbonyl (C=O) groups is 2. The average molecular weight is 415 g/mol. The van der Waals surface area contributed by atoms with Gasteiger partial charge < -0.3 is 5.32 Å². The second-order valence-electron chi connectivity index (χ2n) is 7.08. The van der Waals surface area contributed by atoms with E-state index in [1.165, 1.54) is 6.92 Å². The van der Waals surface area contributed by atoms with Crippen LogP contribution < -0.4 is 5.32 Å². The third-order valence-corrected chi connectivity index (χ3v) is 5.26. The van der Waals surface area contributed by atoms with E-state index in [1.54, 1.807) is 36.4 Å². The summed E-state index contributed by atoms with van der Waals surface area (Å²) in [6, 6.07) is 21.9. The van der Waals surface area contributed by atoms with Crippen molar-refractivity contribution in [2.24, 2.45) is 0 Å². The van der Waals surface area contributed by atoms with Gasteiger partial charge in [0.25, 0.3) is 5.91 Å². The van der Waals surface area contributed by atoms with E-state index in [4.69, 9.17) is 16.6 Å². The number of nitrogens with one attached hydrogen (secondary N) is 1. The van der Waals surface area contributed by atoms with Crippen LogP contribution in [0.25, 0.3) is 22.2 Å². The molecule has 0 radical (unpaired) electrons. The maximum Gasteiger partial charge on any atom is 0.256 e. The van der Waals surface area contributed by atoms with Crippen LogP contribution in [-0.4, -0.2) is 16.7 Å². The monoisotopic (exact) mass is 414 g/mol. The summed E-state index contributed by atoms with van der Waals surface area (Å²) < 4.78 is 0. The van der Waals surface area contributed by atoms with Gasteiger partial charge in [0, 0.05) is 27.2 Å². The molecule has 0 bridgehead atoms. The Kier molecular flexibility index (Phi) is 5.34. The molecule has 0 aliphatic rings. The Balaban J connectivity index is 1.84. The van der Waals surface area contributed by atoms with Crippen LogP contribution in [0.1, 0.15) is 33.2 Å². The Bertz CT molecular complexity index is 1280. The van der Waals surface area contributed by atoms with Gasteiger partial charge in [-0.2, -0.15) is 0 Å². The van der Waals surface area contributed by atoms with Gasteiger partial charge in [-0.05, 0) is 49.7 Å². The normalized spacial score (nSPS) is 10.8. The van der Waals surface area contributed by atoms with Crippen LogP contribution in [0.3, 0.4) is 0 Å². The number of amides is 1. The number of rotatable bonds is 4. The van der Waals surface area contributed by atoms with Gasteiger partial charge in [0.2, 0.25) is 0 Å². The van der Waals surface area contributed by atoms with Crippen LogP contribution in [0.2, 0.25) is 5.02 Å². The molecule has 4 aromatic rings. The average Bonchev–Trinajstić information content (AvgIpc) is 2.74. The van der Waals surface area contributed by atoms with Crippen molar-refractivity contribution in [3.8, 4) is 11.3 Å². The van der Waals surface area contributed by atoms with Gasteiger partial charge in [0.1, 0.15) is 0 Å². The number of anilines is 1. The number of fused-ring (bicyclic) bond motifs is 1. The van der Waals surface area contributed by atoms with Crippen molar-refractivity contribution >= 4 is 39.9 Å². The minimum atomic E-state index is -0.248. The Hall–Kier alpha value is -3.50. The van der Waals surface area contributed by atoms with Gasteiger partial charge in [0.05, 0.1) is 16.8 Å². The number of hydrogen-bond donors (Lipinski definition) is 1. The third-order valence-electron chi connectivity index (χ3n) is 5.01. The first kappa shape index (κ1) is 19.8. The van der Waals surface area contributed by atoms with Crippen LogP contribution in [0.15, 0.2) is 72.8 Å². The lowest BCUT2D eigenvalue weighted by molar-refractivity contribution is 0.101. The van der Waals surface area contributed by atoms with Crippen LogP contribution >= 0.6 is 11.6 Å². The molecule has 1 heterocycles. The van der Waals surface area contributed by atoms with Crippen LogP contribution in [0, 0.1) is 6.92 Å². The van der Waals surface area contributed by atoms with Crippen molar-refractivity contribution in [1.29, 1.82) is 0 Å². The maximum absolute atomic E-state index is 13.3. The summed E-state index contributed by atoms with van der Waals surface area (Å²) in [5.41, 5.74) is 4.79. The van der Waals surface area contributed by atoms with Crippen LogP contribution in [-0.2, 0) is 0 Å². The number of ketones is 1. The standard InChI is InChI=1S/C25H19ClN2O2/c1-15-23(25(30)27-20-7-5-6-18(14-20)16(2)29)21-8-3-4-9-22(21)28-24(15)17-10-12-19(26)13-11-17/h3-14H,1-2H3,(H,27,30). The van der Waals surface area contributed by atoms with Gasteiger partial charge in [-0.25, -0.2) is 4.98 Å². The molecule has 0 unspecified atom stereocenters. The fourth-order valence-electron chi connectivity index (χ4n) is 3.50. The molecule has 148 valence electrons. The zero-order valence-electron chi connectivity index (χ0n) is 16.6. The van der Waals surface area contributed by atoms with Crippen molar-refractivity contribution in [2.45, 2.75) is 13.8 Å². The molecule has 4 nitrogen and oxygen atoms in total. The molecule has 3 aromatic carbocycles. The zero-order chi connectivity index (χ0) is 21.3. The third kappa shape index (κ3) is 3.82. The molecule has 0 saturated heterocycles. The minimum absolute atomic E-state index is 0.0540. The number of hydrogen-bond acceptors (Lipinski definition) is 3. The molecule has 0 fully saturated rings. The maximum atomic E-state index is 13.3. The molecule has 0 aliphatic carbocycles. The molecular weight excluding hydrogens is 396 g/mol. The van der Waals surface area contributed by atoms with Crippen molar-refractivity contribution in [1.82, 2.24) is 4.98 Å². The van der Waals surface area contributed by atoms with Gasteiger partial charge in [-0.15, -0.1) is 0 Å². The lowest BCUT2D eigenvalue weighted by Crippen LogP contribution is -2.15. The number of para-hydroxylation sites is 1. The van der Waals surface area contributed by atoms with E-state index in [9.17, 15) is 9.59 Å². The highest BCUT2D eigenvalue weighted by molar-refractivity contribution is 6.30. The first-order chi connectivity index (χ1) is 14.4. The molecule has 1 aromatic heterocycles. The smallest absolute Gasteiger partial charge is 0.256 e. The molecule has 4 rings (SSSR count). The quantitative estimate of drug-likeness (QED) is 0.397. The van der Waals surface area contributed by atoms with E-state index in [0.29, 0.717) is 21.8 Å². The minimum Gasteiger partial charge on any atom is -0.322 e. The van der Waals surface area contributed by atoms with Gasteiger partial charge >= 0.3 is 0 Å². The van der Waals surface area contributed by atoms with E-state index in [1.807, 2.05) is 43.3 Å². The van der Waals surface area contributed by atoms with Crippen molar-refractivity contribution < 1.29 is 9.59 Å². The molecule has 1 amide bonds. The SMILES string of the molecule is CC(=O)c1cccc(NC(=O)c2c(C)c(-c3ccc(Cl)cc3)nc3ccccc23)c1. The predicted molar refractivity (Wildman–Crippen MR) is 121 cm³/mol. The molecule has 5 heteroatoms. The first-order valence-electron chi connectivity index (χ1n) is 9.51. The van der Waals surface area contributed by atoms with E-state index in [0.717, 1.165) is 27.7 Å². The Labute approximate surface area is 179 Å². The summed E-state index contributed by atoms with van der Waals surface area (Å²) in [5, 5.41) is 4.34. The molecule has 0 aliphatic heterocycles. The Morgan fingerprint density at radius 2 is 1.67 bits per heavy atom. The fourth-order valence-corrected chi connectivity index (χ4v) is 3.62. The van der Waals surface area contributed by atoms with Gasteiger partial charge in [-0.1, -0.05) is 54.1 Å². The summed E-state index contributed by atoms with van der Waals surface area (Å²) in [5.74, 6) is -0.302. The zero-order valence-corrected chi connectivity index (χ0v) is 17.3. The number of nitrogens with zero attached hydrogens (tertiary/aromatic N) is 1. The Morgan fingerprint density at radius 3 is 2.40 bits per heavy atom. The highest BCUT2D eigenvalue weighted by atomic mass is 35.5. The van der Waals surface area contributed by atoms with Gasteiger partial charge in [-0.3, -0.25) is 9.59 Å². The van der Waals surface area contributed by atoms with Crippen molar-refractivity contribution in [3.63, 3.8) is 0 Å². The van der Waals surface area contributed by atoms with Crippen molar-refractivity contribution in [3.05, 3.63) is 94.5 Å². The second-order valence-corrected chi connectivity index (χ2v) is 7.51. The molecule has 0 saturated carbocycles. The molecular formula is C25H19ClN2O2. The summed E-state index contributed by atoms with van der Waals surface area (Å²) in [6.07, 6.45) is 0. The number of carbonyl (C=O) groups excluding carboxylic acids is 2. The Morgan fingerprint density at radius 1 is 0.933 bits per heavy atom. The summed E-state index contributed by atoms with van der Waals surface area (Å²) in [6.45, 7) is 3.39. The topological polar surface area (TPSA) is 59.1 Å². The summed E-state index contributed by atoms with van der Waals surface area (Å²) in [7, 11) is 0. The van der Waals surface area contributed by atoms with Crippen molar-refractivity contribution in [2.75, 3.05) is 5.32 Å². The molecule has 0 spiro atoms. The summed E-state index contributed by atoms with van der Waals surface area (Å²) >= 11 is 6.03. The molecule has 1 N–H and O–H groups in total.